The summed E-state index contributed by atoms with van der Waals surface area (Å²) in [6.07, 6.45) is 0. The number of para-hydroxylation sites is 2. The zero-order valence-corrected chi connectivity index (χ0v) is 18.0. The average molecular weight is 434 g/mol. The summed E-state index contributed by atoms with van der Waals surface area (Å²) in [5, 5.41) is 5.55. The first-order valence-electron chi connectivity index (χ1n) is 10.7. The van der Waals surface area contributed by atoms with Crippen LogP contribution in [0.4, 0.5) is 16.2 Å². The van der Waals surface area contributed by atoms with E-state index < -0.39 is 6.04 Å². The van der Waals surface area contributed by atoms with E-state index in [0.29, 0.717) is 28.1 Å². The summed E-state index contributed by atoms with van der Waals surface area (Å²) < 4.78 is 0. The van der Waals surface area contributed by atoms with Crippen LogP contribution in [0.15, 0.2) is 102 Å². The molecule has 1 unspecified atom stereocenters. The summed E-state index contributed by atoms with van der Waals surface area (Å²) in [4.78, 5) is 35.4. The van der Waals surface area contributed by atoms with Crippen molar-refractivity contribution in [1.82, 2.24) is 9.97 Å². The number of aromatic amines is 1. The summed E-state index contributed by atoms with van der Waals surface area (Å²) in [6, 6.07) is 29.4. The minimum absolute atomic E-state index is 0.232. The molecule has 5 aromatic rings. The summed E-state index contributed by atoms with van der Waals surface area (Å²) in [7, 11) is 0. The molecule has 0 saturated heterocycles. The maximum atomic E-state index is 13.6. The molecule has 1 heterocycles. The third kappa shape index (κ3) is 3.94. The van der Waals surface area contributed by atoms with Crippen LogP contribution in [0.5, 0.6) is 0 Å². The molecule has 0 bridgehead atoms. The van der Waals surface area contributed by atoms with Gasteiger partial charge in [0, 0.05) is 11.1 Å². The molecule has 0 spiro atoms. The largest absolute Gasteiger partial charge is 0.327 e. The summed E-state index contributed by atoms with van der Waals surface area (Å²) in [6.45, 7) is 1.85. The van der Waals surface area contributed by atoms with Crippen molar-refractivity contribution < 1.29 is 4.79 Å². The third-order valence-electron chi connectivity index (χ3n) is 5.70. The van der Waals surface area contributed by atoms with Crippen LogP contribution < -0.4 is 15.8 Å². The van der Waals surface area contributed by atoms with E-state index in [4.69, 9.17) is 0 Å². The highest BCUT2D eigenvalue weighted by atomic mass is 16.2. The molecule has 0 aliphatic heterocycles. The Bertz CT molecular complexity index is 1510. The van der Waals surface area contributed by atoms with Gasteiger partial charge in [-0.25, -0.2) is 9.78 Å². The van der Waals surface area contributed by atoms with E-state index in [1.165, 1.54) is 0 Å². The molecule has 0 saturated carbocycles. The van der Waals surface area contributed by atoms with E-state index in [-0.39, 0.29) is 11.6 Å². The number of nitrogens with one attached hydrogen (secondary N) is 2. The van der Waals surface area contributed by atoms with Crippen molar-refractivity contribution >= 4 is 39.1 Å². The molecule has 1 aromatic heterocycles. The van der Waals surface area contributed by atoms with Gasteiger partial charge < -0.3 is 10.3 Å². The Morgan fingerprint density at radius 3 is 2.33 bits per heavy atom. The lowest BCUT2D eigenvalue weighted by molar-refractivity contribution is 0.255. The highest BCUT2D eigenvalue weighted by Crippen LogP contribution is 2.28. The predicted octanol–water partition coefficient (Wildman–Crippen LogP) is 5.88. The van der Waals surface area contributed by atoms with Crippen LogP contribution >= 0.6 is 0 Å². The Labute approximate surface area is 190 Å². The molecule has 6 nitrogen and oxygen atoms in total. The number of rotatable bonds is 4. The smallest absolute Gasteiger partial charge is 0.308 e. The summed E-state index contributed by atoms with van der Waals surface area (Å²) >= 11 is 0. The Hall–Kier alpha value is -4.45. The van der Waals surface area contributed by atoms with Crippen LogP contribution in [-0.4, -0.2) is 16.0 Å². The SMILES string of the molecule is CC(c1nc2ccccc2c(=O)[nH]1)N(C(=O)Nc1cccc2ccccc12)c1ccccc1. The molecule has 5 rings (SSSR count). The number of H-pyrrole nitrogens is 1. The number of aromatic nitrogens is 2. The Morgan fingerprint density at radius 1 is 0.848 bits per heavy atom. The Kier molecular flexibility index (Phi) is 5.32. The lowest BCUT2D eigenvalue weighted by Crippen LogP contribution is -2.38. The molecule has 2 amide bonds. The van der Waals surface area contributed by atoms with Gasteiger partial charge in [0.15, 0.2) is 0 Å². The van der Waals surface area contributed by atoms with Crippen molar-refractivity contribution in [2.45, 2.75) is 13.0 Å². The number of benzene rings is 4. The second kappa shape index (κ2) is 8.59. The van der Waals surface area contributed by atoms with Crippen LogP contribution in [0.2, 0.25) is 0 Å². The van der Waals surface area contributed by atoms with Gasteiger partial charge >= 0.3 is 6.03 Å². The van der Waals surface area contributed by atoms with Crippen LogP contribution in [0.25, 0.3) is 21.7 Å². The number of carbonyl (C=O) groups is 1. The van der Waals surface area contributed by atoms with Gasteiger partial charge in [0.05, 0.1) is 22.6 Å². The fourth-order valence-corrected chi connectivity index (χ4v) is 4.04. The standard InChI is InChI=1S/C27H22N4O2/c1-18(25-28-24-16-8-7-15-22(24)26(32)30-25)31(20-12-3-2-4-13-20)27(33)29-23-17-9-11-19-10-5-6-14-21(19)23/h2-18H,1H3,(H,29,33)(H,28,30,32). The molecule has 1 atom stereocenters. The monoisotopic (exact) mass is 434 g/mol. The molecule has 0 radical (unpaired) electrons. The fourth-order valence-electron chi connectivity index (χ4n) is 4.04. The van der Waals surface area contributed by atoms with Crippen molar-refractivity contribution in [1.29, 1.82) is 0 Å². The highest BCUT2D eigenvalue weighted by molar-refractivity contribution is 6.07. The maximum absolute atomic E-state index is 13.6. The molecule has 6 heteroatoms. The quantitative estimate of drug-likeness (QED) is 0.371. The lowest BCUT2D eigenvalue weighted by atomic mass is 10.1. The van der Waals surface area contributed by atoms with E-state index in [2.05, 4.69) is 15.3 Å². The van der Waals surface area contributed by atoms with E-state index in [1.54, 1.807) is 23.1 Å². The van der Waals surface area contributed by atoms with Gasteiger partial charge in [-0.1, -0.05) is 66.7 Å². The van der Waals surface area contributed by atoms with E-state index in [1.807, 2.05) is 85.8 Å². The van der Waals surface area contributed by atoms with Crippen molar-refractivity contribution in [3.63, 3.8) is 0 Å². The number of nitrogens with zero attached hydrogens (tertiary/aromatic N) is 2. The Morgan fingerprint density at radius 2 is 1.52 bits per heavy atom. The number of hydrogen-bond acceptors (Lipinski definition) is 3. The topological polar surface area (TPSA) is 78.1 Å². The highest BCUT2D eigenvalue weighted by Gasteiger charge is 2.26. The molecule has 4 aromatic carbocycles. The normalized spacial score (nSPS) is 11.9. The molecule has 0 aliphatic rings. The second-order valence-corrected chi connectivity index (χ2v) is 7.81. The van der Waals surface area contributed by atoms with Gasteiger partial charge in [0.1, 0.15) is 5.82 Å². The number of carbonyl (C=O) groups excluding carboxylic acids is 1. The van der Waals surface area contributed by atoms with Crippen LogP contribution in [0.1, 0.15) is 18.8 Å². The molecule has 0 fully saturated rings. The second-order valence-electron chi connectivity index (χ2n) is 7.81. The fraction of sp³-hybridized carbons (Fsp3) is 0.0741. The third-order valence-corrected chi connectivity index (χ3v) is 5.70. The molecule has 2 N–H and O–H groups in total. The molecular formula is C27H22N4O2. The van der Waals surface area contributed by atoms with Gasteiger partial charge in [-0.05, 0) is 42.6 Å². The van der Waals surface area contributed by atoms with Gasteiger partial charge in [0.2, 0.25) is 0 Å². The number of fused-ring (bicyclic) bond motifs is 2. The van der Waals surface area contributed by atoms with E-state index >= 15 is 0 Å². The zero-order valence-electron chi connectivity index (χ0n) is 18.0. The van der Waals surface area contributed by atoms with Crippen molar-refractivity contribution in [2.24, 2.45) is 0 Å². The van der Waals surface area contributed by atoms with Crippen molar-refractivity contribution in [3.8, 4) is 0 Å². The first-order chi connectivity index (χ1) is 16.1. The van der Waals surface area contributed by atoms with Gasteiger partial charge in [-0.15, -0.1) is 0 Å². The average Bonchev–Trinajstić information content (AvgIpc) is 2.85. The predicted molar refractivity (Wildman–Crippen MR) is 133 cm³/mol. The van der Waals surface area contributed by atoms with Crippen molar-refractivity contribution in [3.05, 3.63) is 113 Å². The number of hydrogen-bond donors (Lipinski definition) is 2. The summed E-state index contributed by atoms with van der Waals surface area (Å²) in [5.41, 5.74) is 1.76. The number of amides is 2. The molecule has 33 heavy (non-hydrogen) atoms. The molecular weight excluding hydrogens is 412 g/mol. The van der Waals surface area contributed by atoms with Gasteiger partial charge in [0.25, 0.3) is 5.56 Å². The van der Waals surface area contributed by atoms with Crippen LogP contribution in [0.3, 0.4) is 0 Å². The maximum Gasteiger partial charge on any atom is 0.327 e. The van der Waals surface area contributed by atoms with E-state index in [9.17, 15) is 9.59 Å². The number of anilines is 2. The molecule has 162 valence electrons. The first-order valence-corrected chi connectivity index (χ1v) is 10.7. The summed E-state index contributed by atoms with van der Waals surface area (Å²) in [5.74, 6) is 0.413. The lowest BCUT2D eigenvalue weighted by Gasteiger charge is -2.29. The zero-order chi connectivity index (χ0) is 22.8. The number of urea groups is 1. The van der Waals surface area contributed by atoms with E-state index in [0.717, 1.165) is 10.8 Å². The minimum Gasteiger partial charge on any atom is -0.308 e. The van der Waals surface area contributed by atoms with Crippen molar-refractivity contribution in [2.75, 3.05) is 10.2 Å². The first kappa shape index (κ1) is 20.5. The van der Waals surface area contributed by atoms with Crippen LogP contribution in [-0.2, 0) is 0 Å². The molecule has 0 aliphatic carbocycles. The Balaban J connectivity index is 1.56. The van der Waals surface area contributed by atoms with Gasteiger partial charge in [-0.3, -0.25) is 9.69 Å². The minimum atomic E-state index is -0.528. The van der Waals surface area contributed by atoms with Gasteiger partial charge in [-0.2, -0.15) is 0 Å². The van der Waals surface area contributed by atoms with Crippen LogP contribution in [0, 0.1) is 0 Å².